The highest BCUT2D eigenvalue weighted by molar-refractivity contribution is 5.88. The predicted molar refractivity (Wildman–Crippen MR) is 102 cm³/mol. The van der Waals surface area contributed by atoms with Crippen LogP contribution in [0.2, 0.25) is 0 Å². The lowest BCUT2D eigenvalue weighted by Gasteiger charge is -2.21. The zero-order chi connectivity index (χ0) is 16.4. The van der Waals surface area contributed by atoms with Gasteiger partial charge in [-0.2, -0.15) is 0 Å². The SMILES string of the molecule is Cl.O=C(COc1cccc2ccccc12)N1CC[C@@H]2CNC[C@@H]2CC1. The van der Waals surface area contributed by atoms with Crippen molar-refractivity contribution in [2.24, 2.45) is 11.8 Å². The minimum absolute atomic E-state index is 0. The number of carbonyl (C=O) groups excluding carboxylic acids is 1. The molecule has 1 N–H and O–H groups in total. The second-order valence-electron chi connectivity index (χ2n) is 6.90. The zero-order valence-corrected chi connectivity index (χ0v) is 15.1. The second-order valence-corrected chi connectivity index (χ2v) is 6.90. The molecule has 0 spiro atoms. The maximum absolute atomic E-state index is 12.6. The molecule has 0 aliphatic carbocycles. The Balaban J connectivity index is 0.00000182. The van der Waals surface area contributed by atoms with Crippen molar-refractivity contribution in [1.29, 1.82) is 0 Å². The van der Waals surface area contributed by atoms with Crippen molar-refractivity contribution in [2.45, 2.75) is 12.8 Å². The van der Waals surface area contributed by atoms with Crippen LogP contribution >= 0.6 is 12.4 Å². The molecular weight excluding hydrogens is 336 g/mol. The van der Waals surface area contributed by atoms with E-state index in [9.17, 15) is 4.79 Å². The van der Waals surface area contributed by atoms with Gasteiger partial charge in [-0.05, 0) is 49.2 Å². The van der Waals surface area contributed by atoms with Crippen LogP contribution in [-0.4, -0.2) is 43.6 Å². The summed E-state index contributed by atoms with van der Waals surface area (Å²) in [6.45, 7) is 4.07. The van der Waals surface area contributed by atoms with Gasteiger partial charge in [0.2, 0.25) is 0 Å². The molecule has 0 saturated carbocycles. The lowest BCUT2D eigenvalue weighted by molar-refractivity contribution is -0.133. The summed E-state index contributed by atoms with van der Waals surface area (Å²) in [4.78, 5) is 14.6. The van der Waals surface area contributed by atoms with E-state index in [2.05, 4.69) is 17.4 Å². The molecule has 2 saturated heterocycles. The summed E-state index contributed by atoms with van der Waals surface area (Å²) in [6, 6.07) is 14.1. The van der Waals surface area contributed by atoms with E-state index in [-0.39, 0.29) is 24.9 Å². The first kappa shape index (κ1) is 18.0. The van der Waals surface area contributed by atoms with Gasteiger partial charge in [0, 0.05) is 18.5 Å². The van der Waals surface area contributed by atoms with Crippen LogP contribution in [0.5, 0.6) is 5.75 Å². The molecule has 1 amide bonds. The van der Waals surface area contributed by atoms with Gasteiger partial charge in [0.25, 0.3) is 5.91 Å². The summed E-state index contributed by atoms with van der Waals surface area (Å²) in [5, 5.41) is 5.67. The second kappa shape index (κ2) is 8.07. The van der Waals surface area contributed by atoms with Crippen LogP contribution in [0.15, 0.2) is 42.5 Å². The number of halogens is 1. The minimum atomic E-state index is 0. The number of carbonyl (C=O) groups is 1. The molecule has 2 atom stereocenters. The maximum atomic E-state index is 12.6. The number of hydrogen-bond acceptors (Lipinski definition) is 3. The Hall–Kier alpha value is -1.78. The molecule has 5 heteroatoms. The fourth-order valence-electron chi connectivity index (χ4n) is 4.02. The van der Waals surface area contributed by atoms with Gasteiger partial charge < -0.3 is 15.0 Å². The van der Waals surface area contributed by atoms with Crippen molar-refractivity contribution >= 4 is 29.1 Å². The fraction of sp³-hybridized carbons (Fsp3) is 0.450. The van der Waals surface area contributed by atoms with E-state index in [1.807, 2.05) is 35.2 Å². The Labute approximate surface area is 154 Å². The lowest BCUT2D eigenvalue weighted by Crippen LogP contribution is -2.36. The van der Waals surface area contributed by atoms with Crippen LogP contribution in [0.3, 0.4) is 0 Å². The van der Waals surface area contributed by atoms with Gasteiger partial charge in [-0.3, -0.25) is 4.79 Å². The van der Waals surface area contributed by atoms with E-state index in [4.69, 9.17) is 4.74 Å². The number of ether oxygens (including phenoxy) is 1. The molecule has 2 aromatic rings. The zero-order valence-electron chi connectivity index (χ0n) is 14.3. The fourth-order valence-corrected chi connectivity index (χ4v) is 4.02. The standard InChI is InChI=1S/C20H24N2O2.ClH/c23-20(22-10-8-16-12-21-13-17(16)9-11-22)14-24-19-7-3-5-15-4-1-2-6-18(15)19;/h1-7,16-17,21H,8-14H2;1H/t16-,17+;. The molecular formula is C20H25ClN2O2. The number of likely N-dealkylation sites (tertiary alicyclic amines) is 1. The van der Waals surface area contributed by atoms with E-state index in [1.165, 1.54) is 0 Å². The third kappa shape index (κ3) is 3.91. The highest BCUT2D eigenvalue weighted by Crippen LogP contribution is 2.28. The van der Waals surface area contributed by atoms with Gasteiger partial charge in [-0.15, -0.1) is 12.4 Å². The number of nitrogens with one attached hydrogen (secondary N) is 1. The smallest absolute Gasteiger partial charge is 0.260 e. The van der Waals surface area contributed by atoms with Crippen molar-refractivity contribution < 1.29 is 9.53 Å². The molecule has 2 fully saturated rings. The number of amides is 1. The van der Waals surface area contributed by atoms with E-state index in [0.717, 1.165) is 67.4 Å². The first-order chi connectivity index (χ1) is 11.8. The molecule has 0 unspecified atom stereocenters. The van der Waals surface area contributed by atoms with Crippen molar-refractivity contribution in [3.05, 3.63) is 42.5 Å². The van der Waals surface area contributed by atoms with E-state index in [1.54, 1.807) is 0 Å². The first-order valence-corrected chi connectivity index (χ1v) is 8.90. The quantitative estimate of drug-likeness (QED) is 0.914. The highest BCUT2D eigenvalue weighted by atomic mass is 35.5. The highest BCUT2D eigenvalue weighted by Gasteiger charge is 2.31. The molecule has 0 aromatic heterocycles. The van der Waals surface area contributed by atoms with Crippen molar-refractivity contribution in [2.75, 3.05) is 32.8 Å². The molecule has 4 rings (SSSR count). The third-order valence-electron chi connectivity index (χ3n) is 5.47. The summed E-state index contributed by atoms with van der Waals surface area (Å²) >= 11 is 0. The molecule has 25 heavy (non-hydrogen) atoms. The molecule has 134 valence electrons. The number of hydrogen-bond donors (Lipinski definition) is 1. The molecule has 0 bridgehead atoms. The van der Waals surface area contributed by atoms with Crippen LogP contribution in [-0.2, 0) is 4.79 Å². The number of nitrogens with zero attached hydrogens (tertiary/aromatic N) is 1. The van der Waals surface area contributed by atoms with Crippen LogP contribution in [0.1, 0.15) is 12.8 Å². The van der Waals surface area contributed by atoms with E-state index in [0.29, 0.717) is 0 Å². The predicted octanol–water partition coefficient (Wildman–Crippen LogP) is 3.10. The Bertz CT molecular complexity index is 717. The third-order valence-corrected chi connectivity index (χ3v) is 5.47. The molecule has 2 heterocycles. The Kier molecular flexibility index (Phi) is 5.82. The topological polar surface area (TPSA) is 41.6 Å². The first-order valence-electron chi connectivity index (χ1n) is 8.90. The van der Waals surface area contributed by atoms with Crippen molar-refractivity contribution in [3.8, 4) is 5.75 Å². The maximum Gasteiger partial charge on any atom is 0.260 e. The van der Waals surface area contributed by atoms with Gasteiger partial charge >= 0.3 is 0 Å². The summed E-state index contributed by atoms with van der Waals surface area (Å²) < 4.78 is 5.87. The van der Waals surface area contributed by atoms with Crippen molar-refractivity contribution in [1.82, 2.24) is 10.2 Å². The van der Waals surface area contributed by atoms with Crippen LogP contribution in [0.25, 0.3) is 10.8 Å². The van der Waals surface area contributed by atoms with E-state index < -0.39 is 0 Å². The minimum Gasteiger partial charge on any atom is -0.483 e. The van der Waals surface area contributed by atoms with Gasteiger partial charge in [-0.1, -0.05) is 36.4 Å². The van der Waals surface area contributed by atoms with Crippen LogP contribution < -0.4 is 10.1 Å². The molecule has 2 aromatic carbocycles. The van der Waals surface area contributed by atoms with Crippen LogP contribution in [0.4, 0.5) is 0 Å². The average Bonchev–Trinajstić information content (AvgIpc) is 2.98. The monoisotopic (exact) mass is 360 g/mol. The number of benzene rings is 2. The Morgan fingerprint density at radius 1 is 1.04 bits per heavy atom. The van der Waals surface area contributed by atoms with Crippen LogP contribution in [0, 0.1) is 11.8 Å². The van der Waals surface area contributed by atoms with Gasteiger partial charge in [0.05, 0.1) is 0 Å². The Morgan fingerprint density at radius 3 is 2.48 bits per heavy atom. The molecule has 2 aliphatic heterocycles. The summed E-state index contributed by atoms with van der Waals surface area (Å²) in [7, 11) is 0. The van der Waals surface area contributed by atoms with Crippen molar-refractivity contribution in [3.63, 3.8) is 0 Å². The number of rotatable bonds is 3. The lowest BCUT2D eigenvalue weighted by atomic mass is 9.92. The average molecular weight is 361 g/mol. The molecule has 4 nitrogen and oxygen atoms in total. The van der Waals surface area contributed by atoms with Gasteiger partial charge in [-0.25, -0.2) is 0 Å². The van der Waals surface area contributed by atoms with Gasteiger partial charge in [0.15, 0.2) is 6.61 Å². The molecule has 0 radical (unpaired) electrons. The normalized spacial score (nSPS) is 22.8. The number of fused-ring (bicyclic) bond motifs is 2. The largest absolute Gasteiger partial charge is 0.483 e. The summed E-state index contributed by atoms with van der Waals surface area (Å²) in [5.74, 6) is 2.37. The van der Waals surface area contributed by atoms with Gasteiger partial charge in [0.1, 0.15) is 5.75 Å². The summed E-state index contributed by atoms with van der Waals surface area (Å²) in [5.41, 5.74) is 0. The molecule has 2 aliphatic rings. The summed E-state index contributed by atoms with van der Waals surface area (Å²) in [6.07, 6.45) is 2.22. The van der Waals surface area contributed by atoms with E-state index >= 15 is 0 Å². The Morgan fingerprint density at radius 2 is 1.72 bits per heavy atom.